The molecule has 0 spiro atoms. The molecule has 0 amide bonds. The van der Waals surface area contributed by atoms with Crippen LogP contribution in [0.1, 0.15) is 22.6 Å². The number of rotatable bonds is 7. The van der Waals surface area contributed by atoms with E-state index in [0.29, 0.717) is 34.3 Å². The normalized spacial score (nSPS) is 10.8. The molecule has 0 saturated heterocycles. The molecule has 0 aliphatic rings. The van der Waals surface area contributed by atoms with Crippen LogP contribution in [0.5, 0.6) is 23.1 Å². The Morgan fingerprint density at radius 2 is 1.77 bits per heavy atom. The Bertz CT molecular complexity index is 1200. The van der Waals surface area contributed by atoms with Gasteiger partial charge in [-0.05, 0) is 38.1 Å². The lowest BCUT2D eigenvalue weighted by Gasteiger charge is -2.14. The molecule has 31 heavy (non-hydrogen) atoms. The van der Waals surface area contributed by atoms with Crippen molar-refractivity contribution >= 4 is 11.5 Å². The van der Waals surface area contributed by atoms with Gasteiger partial charge in [0.05, 0.1) is 30.2 Å². The van der Waals surface area contributed by atoms with Gasteiger partial charge in [0.2, 0.25) is 5.88 Å². The van der Waals surface area contributed by atoms with E-state index in [4.69, 9.17) is 14.2 Å². The van der Waals surface area contributed by atoms with E-state index in [0.717, 1.165) is 6.26 Å². The van der Waals surface area contributed by atoms with Gasteiger partial charge in [-0.3, -0.25) is 0 Å². The quantitative estimate of drug-likeness (QED) is 0.437. The van der Waals surface area contributed by atoms with Gasteiger partial charge < -0.3 is 19.3 Å². The molecule has 8 heteroatoms. The van der Waals surface area contributed by atoms with Gasteiger partial charge in [-0.1, -0.05) is 18.2 Å². The van der Waals surface area contributed by atoms with Crippen LogP contribution in [0.3, 0.4) is 0 Å². The largest absolute Gasteiger partial charge is 0.503 e. The van der Waals surface area contributed by atoms with Crippen LogP contribution in [-0.2, 0) is 9.53 Å². The zero-order chi connectivity index (χ0) is 22.4. The zero-order valence-electron chi connectivity index (χ0n) is 17.1. The monoisotopic (exact) mass is 417 g/mol. The number of methoxy groups -OCH3 is 1. The first-order valence-corrected chi connectivity index (χ1v) is 9.19. The average molecular weight is 417 g/mol. The third-order valence-electron chi connectivity index (χ3n) is 4.16. The molecule has 8 nitrogen and oxygen atoms in total. The molecule has 1 N–H and O–H groups in total. The van der Waals surface area contributed by atoms with Gasteiger partial charge in [0.15, 0.2) is 0 Å². The van der Waals surface area contributed by atoms with E-state index in [1.54, 1.807) is 62.4 Å². The molecule has 0 fully saturated rings. The van der Waals surface area contributed by atoms with Gasteiger partial charge in [-0.15, -0.1) is 0 Å². The average Bonchev–Trinajstić information content (AvgIpc) is 2.73. The lowest BCUT2D eigenvalue weighted by atomic mass is 10.1. The van der Waals surface area contributed by atoms with Crippen LogP contribution in [0.4, 0.5) is 0 Å². The highest BCUT2D eigenvalue weighted by molar-refractivity contribution is 6.16. The van der Waals surface area contributed by atoms with Crippen LogP contribution in [0, 0.1) is 25.2 Å². The molecule has 0 saturated carbocycles. The highest BCUT2D eigenvalue weighted by Gasteiger charge is 2.22. The number of ether oxygens (including phenoxy) is 3. The van der Waals surface area contributed by atoms with Crippen molar-refractivity contribution in [2.45, 2.75) is 13.8 Å². The van der Waals surface area contributed by atoms with Gasteiger partial charge in [-0.25, -0.2) is 9.78 Å². The van der Waals surface area contributed by atoms with Crippen LogP contribution >= 0.6 is 0 Å². The predicted octanol–water partition coefficient (Wildman–Crippen LogP) is 4.62. The van der Waals surface area contributed by atoms with E-state index in [-0.39, 0.29) is 17.0 Å². The molecule has 0 bridgehead atoms. The van der Waals surface area contributed by atoms with Crippen molar-refractivity contribution in [3.05, 3.63) is 77.4 Å². The Hall–Kier alpha value is -4.38. The van der Waals surface area contributed by atoms with E-state index in [1.807, 2.05) is 0 Å². The molecule has 0 atom stereocenters. The highest BCUT2D eigenvalue weighted by atomic mass is 16.5. The Labute approximate surface area is 179 Å². The Kier molecular flexibility index (Phi) is 6.48. The smallest absolute Gasteiger partial charge is 0.339 e. The van der Waals surface area contributed by atoms with Crippen molar-refractivity contribution in [3.63, 3.8) is 0 Å². The van der Waals surface area contributed by atoms with Crippen LogP contribution in [0.25, 0.3) is 5.57 Å². The molecule has 156 valence electrons. The minimum absolute atomic E-state index is 0.0743. The number of aromatic nitrogens is 2. The van der Waals surface area contributed by atoms with Crippen molar-refractivity contribution in [1.82, 2.24) is 9.97 Å². The van der Waals surface area contributed by atoms with E-state index in [1.165, 1.54) is 7.11 Å². The van der Waals surface area contributed by atoms with Crippen molar-refractivity contribution in [2.24, 2.45) is 0 Å². The van der Waals surface area contributed by atoms with Gasteiger partial charge in [0.25, 0.3) is 0 Å². The fourth-order valence-electron chi connectivity index (χ4n) is 2.89. The number of carboxylic acid groups (broad SMARTS) is 1. The topological polar surface area (TPSA) is 115 Å². The van der Waals surface area contributed by atoms with E-state index in [9.17, 15) is 15.2 Å². The third kappa shape index (κ3) is 4.97. The van der Waals surface area contributed by atoms with Crippen LogP contribution < -0.4 is 9.47 Å². The number of benzene rings is 2. The summed E-state index contributed by atoms with van der Waals surface area (Å²) in [5.74, 6) is 0.516. The second kappa shape index (κ2) is 9.41. The fourth-order valence-corrected chi connectivity index (χ4v) is 2.89. The number of aryl methyl sites for hydroxylation is 2. The van der Waals surface area contributed by atoms with Crippen LogP contribution in [-0.4, -0.2) is 28.2 Å². The number of carbonyl (C=O) groups is 1. The number of para-hydroxylation sites is 1. The number of hydrogen-bond acceptors (Lipinski definition) is 7. The summed E-state index contributed by atoms with van der Waals surface area (Å²) in [6.07, 6.45) is 1.11. The lowest BCUT2D eigenvalue weighted by Crippen LogP contribution is -2.08. The second-order valence-corrected chi connectivity index (χ2v) is 6.40. The predicted molar refractivity (Wildman–Crippen MR) is 112 cm³/mol. The van der Waals surface area contributed by atoms with Crippen LogP contribution in [0.2, 0.25) is 0 Å². The van der Waals surface area contributed by atoms with Crippen molar-refractivity contribution in [3.8, 4) is 29.2 Å². The molecule has 1 heterocycles. The SMILES string of the molecule is COC=C(C(=O)O)c1c(C)nc(C)nc1Oc1cccc(Oc2ccccc2C#N)c1. The second-order valence-electron chi connectivity index (χ2n) is 6.40. The summed E-state index contributed by atoms with van der Waals surface area (Å²) in [4.78, 5) is 20.3. The molecule has 3 aromatic rings. The molecule has 0 aliphatic heterocycles. The van der Waals surface area contributed by atoms with E-state index >= 15 is 0 Å². The first kappa shape index (κ1) is 21.3. The van der Waals surface area contributed by atoms with E-state index in [2.05, 4.69) is 16.0 Å². The standard InChI is InChI=1S/C23H19N3O5/c1-14-21(19(13-29-3)23(27)28)22(26-15(2)25-14)31-18-9-6-8-17(11-18)30-20-10-5-4-7-16(20)12-24/h4-11,13H,1-3H3,(H,27,28). The number of nitrogens with zero attached hydrogens (tertiary/aromatic N) is 3. The Morgan fingerprint density at radius 3 is 2.45 bits per heavy atom. The zero-order valence-corrected chi connectivity index (χ0v) is 17.1. The molecule has 3 rings (SSSR count). The maximum absolute atomic E-state index is 11.7. The lowest BCUT2D eigenvalue weighted by molar-refractivity contribution is -0.130. The van der Waals surface area contributed by atoms with Gasteiger partial charge in [0.1, 0.15) is 34.7 Å². The minimum Gasteiger partial charge on any atom is -0.503 e. The summed E-state index contributed by atoms with van der Waals surface area (Å²) < 4.78 is 16.7. The number of carboxylic acids is 1. The number of nitriles is 1. The molecule has 0 aliphatic carbocycles. The Morgan fingerprint density at radius 1 is 1.06 bits per heavy atom. The summed E-state index contributed by atoms with van der Waals surface area (Å²) in [7, 11) is 1.35. The van der Waals surface area contributed by atoms with Crippen molar-refractivity contribution in [2.75, 3.05) is 7.11 Å². The van der Waals surface area contributed by atoms with Crippen LogP contribution in [0.15, 0.2) is 54.8 Å². The summed E-state index contributed by atoms with van der Waals surface area (Å²) in [6.45, 7) is 3.35. The minimum atomic E-state index is -1.20. The maximum atomic E-state index is 11.7. The van der Waals surface area contributed by atoms with Crippen molar-refractivity contribution < 1.29 is 24.1 Å². The van der Waals surface area contributed by atoms with E-state index < -0.39 is 5.97 Å². The summed E-state index contributed by atoms with van der Waals surface area (Å²) in [5.41, 5.74) is 0.906. The van der Waals surface area contributed by atoms with Gasteiger partial charge >= 0.3 is 5.97 Å². The number of hydrogen-bond donors (Lipinski definition) is 1. The maximum Gasteiger partial charge on any atom is 0.339 e. The molecule has 0 unspecified atom stereocenters. The molecule has 2 aromatic carbocycles. The van der Waals surface area contributed by atoms with Crippen molar-refractivity contribution in [1.29, 1.82) is 5.26 Å². The summed E-state index contributed by atoms with van der Waals surface area (Å²) in [5, 5.41) is 18.8. The highest BCUT2D eigenvalue weighted by Crippen LogP contribution is 2.33. The first-order valence-electron chi connectivity index (χ1n) is 9.19. The molecular weight excluding hydrogens is 398 g/mol. The molecule has 1 aromatic heterocycles. The molecule has 0 radical (unpaired) electrons. The molecular formula is C23H19N3O5. The number of aliphatic carboxylic acids is 1. The third-order valence-corrected chi connectivity index (χ3v) is 4.16. The summed E-state index contributed by atoms with van der Waals surface area (Å²) >= 11 is 0. The first-order chi connectivity index (χ1) is 14.9. The van der Waals surface area contributed by atoms with Gasteiger partial charge in [0, 0.05) is 6.07 Å². The summed E-state index contributed by atoms with van der Waals surface area (Å²) in [6, 6.07) is 15.7. The fraction of sp³-hybridized carbons (Fsp3) is 0.130. The Balaban J connectivity index is 1.98. The van der Waals surface area contributed by atoms with Gasteiger partial charge in [-0.2, -0.15) is 10.2 Å².